The number of carbonyl (C=O) groups is 1. The summed E-state index contributed by atoms with van der Waals surface area (Å²) < 4.78 is 9.30. The quantitative estimate of drug-likeness (QED) is 0.176. The average molecular weight is 566 g/mol. The molecule has 0 aliphatic heterocycles. The molecule has 5 aromatic rings. The Morgan fingerprint density at radius 1 is 0.857 bits per heavy atom. The van der Waals surface area contributed by atoms with Crippen LogP contribution in [0.3, 0.4) is 0 Å². The van der Waals surface area contributed by atoms with E-state index < -0.39 is 0 Å². The molecule has 0 saturated carbocycles. The Morgan fingerprint density at radius 3 is 2.12 bits per heavy atom. The van der Waals surface area contributed by atoms with Crippen molar-refractivity contribution in [2.75, 3.05) is 7.11 Å². The molecule has 42 heavy (non-hydrogen) atoms. The molecule has 2 aromatic heterocycles. The first-order valence-corrected chi connectivity index (χ1v) is 14.6. The minimum atomic E-state index is 0.0811. The van der Waals surface area contributed by atoms with Crippen LogP contribution >= 0.6 is 0 Å². The summed E-state index contributed by atoms with van der Waals surface area (Å²) in [5.41, 5.74) is 8.41. The van der Waals surface area contributed by atoms with Crippen LogP contribution in [-0.2, 0) is 19.6 Å². The molecule has 1 N–H and O–H groups in total. The lowest BCUT2D eigenvalue weighted by molar-refractivity contribution is 0.101. The summed E-state index contributed by atoms with van der Waals surface area (Å²) in [4.78, 5) is 15.8. The van der Waals surface area contributed by atoms with Gasteiger partial charge in [0.1, 0.15) is 5.75 Å². The Kier molecular flexibility index (Phi) is 12.3. The van der Waals surface area contributed by atoms with Gasteiger partial charge in [0.15, 0.2) is 5.78 Å². The van der Waals surface area contributed by atoms with Gasteiger partial charge in [0.2, 0.25) is 0 Å². The van der Waals surface area contributed by atoms with Crippen LogP contribution < -0.4 is 10.1 Å². The monoisotopic (exact) mass is 565 g/mol. The molecule has 0 aliphatic carbocycles. The third-order valence-electron chi connectivity index (χ3n) is 6.60. The van der Waals surface area contributed by atoms with Gasteiger partial charge in [-0.3, -0.25) is 9.48 Å². The van der Waals surface area contributed by atoms with Crippen LogP contribution in [0.2, 0.25) is 0 Å². The number of hydrogen-bond acceptors (Lipinski definition) is 5. The van der Waals surface area contributed by atoms with E-state index in [9.17, 15) is 4.79 Å². The summed E-state index contributed by atoms with van der Waals surface area (Å²) >= 11 is 0. The van der Waals surface area contributed by atoms with Crippen molar-refractivity contribution in [3.8, 4) is 22.6 Å². The Balaban J connectivity index is 0.00000116. The second kappa shape index (κ2) is 16.1. The summed E-state index contributed by atoms with van der Waals surface area (Å²) in [7, 11) is 1.67. The lowest BCUT2D eigenvalue weighted by atomic mass is 10.0. The highest BCUT2D eigenvalue weighted by Gasteiger charge is 2.14. The van der Waals surface area contributed by atoms with Crippen LogP contribution in [0.25, 0.3) is 16.8 Å². The van der Waals surface area contributed by atoms with Crippen LogP contribution in [0.1, 0.15) is 67.4 Å². The largest absolute Gasteiger partial charge is 0.497 e. The molecule has 0 atom stereocenters. The van der Waals surface area contributed by atoms with Crippen LogP contribution in [0.4, 0.5) is 0 Å². The number of nitrogens with one attached hydrogen (secondary N) is 1. The van der Waals surface area contributed by atoms with Crippen molar-refractivity contribution in [2.45, 2.75) is 61.2 Å². The van der Waals surface area contributed by atoms with Crippen molar-refractivity contribution in [2.24, 2.45) is 0 Å². The molecule has 0 radical (unpaired) electrons. The van der Waals surface area contributed by atoms with E-state index in [0.717, 1.165) is 51.5 Å². The molecule has 0 bridgehead atoms. The molecule has 5 rings (SSSR count). The fraction of sp³-hybridized carbons (Fsp3) is 0.286. The third-order valence-corrected chi connectivity index (χ3v) is 6.60. The number of carbonyl (C=O) groups excluding carboxylic acids is 1. The van der Waals surface area contributed by atoms with Crippen molar-refractivity contribution in [3.05, 3.63) is 120 Å². The molecule has 0 aliphatic rings. The molecule has 3 aromatic carbocycles. The minimum absolute atomic E-state index is 0.0811. The van der Waals surface area contributed by atoms with Gasteiger partial charge in [0.25, 0.3) is 0 Å². The molecular weight excluding hydrogens is 522 g/mol. The molecule has 0 unspecified atom stereocenters. The van der Waals surface area contributed by atoms with Gasteiger partial charge in [-0.1, -0.05) is 70.2 Å². The van der Waals surface area contributed by atoms with Gasteiger partial charge in [-0.25, -0.2) is 4.98 Å². The van der Waals surface area contributed by atoms with E-state index in [1.807, 2.05) is 92.8 Å². The zero-order valence-electron chi connectivity index (χ0n) is 25.9. The average Bonchev–Trinajstić information content (AvgIpc) is 3.70. The normalized spacial score (nSPS) is 10.3. The van der Waals surface area contributed by atoms with Crippen molar-refractivity contribution < 1.29 is 9.53 Å². The summed E-state index contributed by atoms with van der Waals surface area (Å²) in [5.74, 6) is 0.923. The molecule has 0 saturated heterocycles. The van der Waals surface area contributed by atoms with E-state index in [-0.39, 0.29) is 5.78 Å². The molecule has 220 valence electrons. The van der Waals surface area contributed by atoms with E-state index in [4.69, 9.17) is 9.84 Å². The summed E-state index contributed by atoms with van der Waals surface area (Å²) in [6.07, 6.45) is 7.68. The first-order chi connectivity index (χ1) is 20.5. The number of Topliss-reactive ketones (excluding diaryl/α,β-unsaturated/α-hetero) is 1. The second-order valence-corrected chi connectivity index (χ2v) is 9.35. The first-order valence-electron chi connectivity index (χ1n) is 14.6. The molecule has 7 heteroatoms. The Bertz CT molecular complexity index is 1520. The maximum Gasteiger partial charge on any atom is 0.159 e. The maximum atomic E-state index is 11.5. The zero-order valence-corrected chi connectivity index (χ0v) is 25.9. The number of hydrogen-bond donors (Lipinski definition) is 1. The van der Waals surface area contributed by atoms with Gasteiger partial charge in [-0.15, -0.1) is 0 Å². The number of ketones is 1. The standard InChI is InChI=1S/C31H31N5O2.2C2H6/c1-22-30(20-36(34-22)19-25-6-11-28(38-3)12-7-25)29-16-26(8-13-31(29)35-15-14-32-21-35)18-33-17-24-4-9-27(10-5-24)23(2)37;2*1-2/h4-16,20-21,33H,17-19H2,1-3H3;2*1-2H3. The fourth-order valence-corrected chi connectivity index (χ4v) is 4.53. The molecule has 0 spiro atoms. The summed E-state index contributed by atoms with van der Waals surface area (Å²) in [6, 6.07) is 22.3. The van der Waals surface area contributed by atoms with Gasteiger partial charge in [0.05, 0.1) is 31.4 Å². The second-order valence-electron chi connectivity index (χ2n) is 9.35. The number of ether oxygens (including phenoxy) is 1. The predicted molar refractivity (Wildman–Crippen MR) is 171 cm³/mol. The Labute approximate surface area is 250 Å². The van der Waals surface area contributed by atoms with Gasteiger partial charge in [-0.05, 0) is 54.8 Å². The molecule has 7 nitrogen and oxygen atoms in total. The number of aryl methyl sites for hydroxylation is 1. The van der Waals surface area contributed by atoms with Gasteiger partial charge in [-0.2, -0.15) is 5.10 Å². The SMILES string of the molecule is CC.CC.COc1ccc(Cn2cc(-c3cc(CNCc4ccc(C(C)=O)cc4)ccc3-n3ccnc3)c(C)n2)cc1. The van der Waals surface area contributed by atoms with Crippen molar-refractivity contribution in [1.82, 2.24) is 24.6 Å². The minimum Gasteiger partial charge on any atom is -0.497 e. The highest BCUT2D eigenvalue weighted by molar-refractivity contribution is 5.94. The predicted octanol–water partition coefficient (Wildman–Crippen LogP) is 7.65. The van der Waals surface area contributed by atoms with Crippen LogP contribution in [-0.4, -0.2) is 32.2 Å². The summed E-state index contributed by atoms with van der Waals surface area (Å²) in [5, 5.41) is 8.35. The number of nitrogens with zero attached hydrogens (tertiary/aromatic N) is 4. The first kappa shape index (κ1) is 32.0. The number of aromatic nitrogens is 4. The number of rotatable bonds is 10. The van der Waals surface area contributed by atoms with Crippen LogP contribution in [0.5, 0.6) is 5.75 Å². The van der Waals surface area contributed by atoms with Crippen LogP contribution in [0, 0.1) is 6.92 Å². The molecule has 0 amide bonds. The van der Waals surface area contributed by atoms with Crippen molar-refractivity contribution >= 4 is 5.78 Å². The highest BCUT2D eigenvalue weighted by Crippen LogP contribution is 2.30. The van der Waals surface area contributed by atoms with Gasteiger partial charge < -0.3 is 14.6 Å². The van der Waals surface area contributed by atoms with Gasteiger partial charge >= 0.3 is 0 Å². The molecule has 0 fully saturated rings. The Hall–Kier alpha value is -4.49. The lowest BCUT2D eigenvalue weighted by Crippen LogP contribution is -2.13. The molecule has 2 heterocycles. The zero-order chi connectivity index (χ0) is 30.5. The fourth-order valence-electron chi connectivity index (χ4n) is 4.53. The van der Waals surface area contributed by atoms with E-state index >= 15 is 0 Å². The number of imidazole rings is 1. The number of methoxy groups -OCH3 is 1. The van der Waals surface area contributed by atoms with E-state index in [1.165, 1.54) is 5.56 Å². The maximum absolute atomic E-state index is 11.5. The highest BCUT2D eigenvalue weighted by atomic mass is 16.5. The summed E-state index contributed by atoms with van der Waals surface area (Å²) in [6.45, 7) is 13.7. The van der Waals surface area contributed by atoms with E-state index in [1.54, 1.807) is 20.2 Å². The topological polar surface area (TPSA) is 74.0 Å². The Morgan fingerprint density at radius 2 is 1.50 bits per heavy atom. The van der Waals surface area contributed by atoms with Crippen molar-refractivity contribution in [1.29, 1.82) is 0 Å². The van der Waals surface area contributed by atoms with Gasteiger partial charge in [0, 0.05) is 48.4 Å². The third kappa shape index (κ3) is 8.27. The van der Waals surface area contributed by atoms with E-state index in [2.05, 4.69) is 46.8 Å². The lowest BCUT2D eigenvalue weighted by Gasteiger charge is -2.13. The smallest absolute Gasteiger partial charge is 0.159 e. The van der Waals surface area contributed by atoms with Crippen molar-refractivity contribution in [3.63, 3.8) is 0 Å². The van der Waals surface area contributed by atoms with E-state index in [0.29, 0.717) is 13.1 Å². The number of benzene rings is 3. The van der Waals surface area contributed by atoms with Crippen LogP contribution in [0.15, 0.2) is 91.6 Å². The molecular formula is C35H43N5O2.